The van der Waals surface area contributed by atoms with Crippen molar-refractivity contribution in [2.75, 3.05) is 11.5 Å². The maximum absolute atomic E-state index is 14.0. The summed E-state index contributed by atoms with van der Waals surface area (Å²) in [5.74, 6) is -3.59. The number of benzene rings is 3. The summed E-state index contributed by atoms with van der Waals surface area (Å²) in [6.07, 6.45) is -0.306. The highest BCUT2D eigenvalue weighted by atomic mass is 16.6. The summed E-state index contributed by atoms with van der Waals surface area (Å²) in [7, 11) is 0. The summed E-state index contributed by atoms with van der Waals surface area (Å²) in [4.78, 5) is 67.0. The second-order valence-electron chi connectivity index (χ2n) is 14.1. The van der Waals surface area contributed by atoms with Gasteiger partial charge in [-0.25, -0.2) is 9.59 Å². The molecule has 2 aliphatic rings. The van der Waals surface area contributed by atoms with Crippen LogP contribution in [0.25, 0.3) is 11.1 Å². The van der Waals surface area contributed by atoms with Crippen LogP contribution in [0.1, 0.15) is 76.5 Å². The molecule has 1 heterocycles. The average molecular weight is 684 g/mol. The molecule has 0 saturated carbocycles. The highest BCUT2D eigenvalue weighted by Crippen LogP contribution is 2.44. The van der Waals surface area contributed by atoms with E-state index in [1.165, 1.54) is 4.90 Å². The molecule has 3 N–H and O–H groups in total. The van der Waals surface area contributed by atoms with E-state index >= 15 is 0 Å². The lowest BCUT2D eigenvalue weighted by Gasteiger charge is -2.28. The number of aliphatic carboxylic acids is 1. The van der Waals surface area contributed by atoms with Gasteiger partial charge < -0.3 is 25.2 Å². The maximum atomic E-state index is 14.0. The molecule has 0 bridgehead atoms. The lowest BCUT2D eigenvalue weighted by Crippen LogP contribution is -2.56. The Balaban J connectivity index is 1.34. The highest BCUT2D eigenvalue weighted by Gasteiger charge is 2.41. The number of nitrogens with zero attached hydrogens (tertiary/aromatic N) is 1. The van der Waals surface area contributed by atoms with Crippen LogP contribution in [0.4, 0.5) is 10.5 Å². The van der Waals surface area contributed by atoms with Gasteiger partial charge in [0.15, 0.2) is 0 Å². The van der Waals surface area contributed by atoms with Crippen LogP contribution in [0.2, 0.25) is 0 Å². The van der Waals surface area contributed by atoms with Gasteiger partial charge in [0.05, 0.1) is 5.69 Å². The Kier molecular flexibility index (Phi) is 10.9. The molecule has 3 aromatic rings. The third-order valence-corrected chi connectivity index (χ3v) is 8.97. The van der Waals surface area contributed by atoms with Gasteiger partial charge in [-0.1, -0.05) is 80.6 Å². The summed E-state index contributed by atoms with van der Waals surface area (Å²) in [6, 6.07) is 19.8. The topological polar surface area (TPSA) is 151 Å². The van der Waals surface area contributed by atoms with E-state index in [1.807, 2.05) is 60.7 Å². The molecular formula is C39H45N3O8. The predicted molar refractivity (Wildman–Crippen MR) is 188 cm³/mol. The van der Waals surface area contributed by atoms with E-state index in [0.717, 1.165) is 27.8 Å². The molecule has 264 valence electrons. The fourth-order valence-corrected chi connectivity index (χ4v) is 6.63. The van der Waals surface area contributed by atoms with Gasteiger partial charge in [-0.05, 0) is 73.4 Å². The van der Waals surface area contributed by atoms with E-state index in [0.29, 0.717) is 5.69 Å². The number of para-hydroxylation sites is 1. The highest BCUT2D eigenvalue weighted by molar-refractivity contribution is 6.02. The summed E-state index contributed by atoms with van der Waals surface area (Å²) in [5.41, 5.74) is 4.89. The SMILES string of the molecule is CC(C)C(NC(=O)C(CCCC(=O)OC(C)(C)C)NC(=O)[C@@H]1Cc2ccccc2N1C(=O)OCC1c2ccccc2-c2ccccc21)C(=O)O. The van der Waals surface area contributed by atoms with Crippen LogP contribution in [-0.4, -0.2) is 65.3 Å². The second-order valence-corrected chi connectivity index (χ2v) is 14.1. The summed E-state index contributed by atoms with van der Waals surface area (Å²) < 4.78 is 11.3. The Bertz CT molecular complexity index is 1720. The van der Waals surface area contributed by atoms with Gasteiger partial charge in [-0.2, -0.15) is 0 Å². The fraction of sp³-hybridized carbons (Fsp3) is 0.410. The summed E-state index contributed by atoms with van der Waals surface area (Å²) >= 11 is 0. The Morgan fingerprint density at radius 1 is 0.880 bits per heavy atom. The smallest absolute Gasteiger partial charge is 0.415 e. The van der Waals surface area contributed by atoms with Crippen LogP contribution in [0.3, 0.4) is 0 Å². The van der Waals surface area contributed by atoms with Crippen LogP contribution in [0.5, 0.6) is 0 Å². The first kappa shape index (κ1) is 36.1. The van der Waals surface area contributed by atoms with E-state index in [2.05, 4.69) is 10.6 Å². The van der Waals surface area contributed by atoms with Crippen molar-refractivity contribution in [3.05, 3.63) is 89.5 Å². The van der Waals surface area contributed by atoms with Crippen LogP contribution < -0.4 is 15.5 Å². The molecule has 0 radical (unpaired) electrons. The minimum atomic E-state index is -1.21. The number of carboxylic acids is 1. The maximum Gasteiger partial charge on any atom is 0.415 e. The third kappa shape index (κ3) is 8.15. The molecule has 0 fully saturated rings. The van der Waals surface area contributed by atoms with E-state index in [-0.39, 0.29) is 38.2 Å². The number of rotatable bonds is 12. The van der Waals surface area contributed by atoms with Gasteiger partial charge in [0.25, 0.3) is 0 Å². The quantitative estimate of drug-likeness (QED) is 0.209. The molecule has 3 aromatic carbocycles. The zero-order valence-corrected chi connectivity index (χ0v) is 29.1. The van der Waals surface area contributed by atoms with Crippen molar-refractivity contribution in [2.45, 2.75) is 89.9 Å². The second kappa shape index (κ2) is 15.1. The van der Waals surface area contributed by atoms with E-state index in [1.54, 1.807) is 46.8 Å². The van der Waals surface area contributed by atoms with Gasteiger partial charge in [-0.15, -0.1) is 0 Å². The van der Waals surface area contributed by atoms with Gasteiger partial charge in [-0.3, -0.25) is 19.3 Å². The third-order valence-electron chi connectivity index (χ3n) is 8.97. The minimum absolute atomic E-state index is 0.00972. The van der Waals surface area contributed by atoms with Crippen LogP contribution in [-0.2, 0) is 35.1 Å². The Morgan fingerprint density at radius 3 is 2.08 bits per heavy atom. The first-order chi connectivity index (χ1) is 23.7. The Morgan fingerprint density at radius 2 is 1.48 bits per heavy atom. The van der Waals surface area contributed by atoms with Gasteiger partial charge >= 0.3 is 18.0 Å². The minimum Gasteiger partial charge on any atom is -0.480 e. The summed E-state index contributed by atoms with van der Waals surface area (Å²) in [6.45, 7) is 8.64. The Labute approximate surface area is 292 Å². The molecule has 0 saturated heterocycles. The Hall–Kier alpha value is -5.19. The molecule has 2 unspecified atom stereocenters. The molecule has 50 heavy (non-hydrogen) atoms. The van der Waals surface area contributed by atoms with Crippen molar-refractivity contribution in [3.63, 3.8) is 0 Å². The number of ether oxygens (including phenoxy) is 2. The van der Waals surface area contributed by atoms with Gasteiger partial charge in [0.2, 0.25) is 11.8 Å². The van der Waals surface area contributed by atoms with Crippen LogP contribution in [0.15, 0.2) is 72.8 Å². The number of carbonyl (C=O) groups is 5. The van der Waals surface area contributed by atoms with Crippen molar-refractivity contribution < 1.29 is 38.6 Å². The number of hydrogen-bond acceptors (Lipinski definition) is 7. The molecular weight excluding hydrogens is 638 g/mol. The number of amides is 3. The molecule has 0 aromatic heterocycles. The van der Waals surface area contributed by atoms with Crippen molar-refractivity contribution in [1.29, 1.82) is 0 Å². The van der Waals surface area contributed by atoms with Gasteiger partial charge in [0, 0.05) is 18.8 Å². The lowest BCUT2D eigenvalue weighted by molar-refractivity contribution is -0.155. The number of anilines is 1. The predicted octanol–water partition coefficient (Wildman–Crippen LogP) is 5.59. The first-order valence-corrected chi connectivity index (χ1v) is 17.0. The average Bonchev–Trinajstić information content (AvgIpc) is 3.61. The lowest BCUT2D eigenvalue weighted by atomic mass is 9.98. The van der Waals surface area contributed by atoms with Crippen molar-refractivity contribution in [1.82, 2.24) is 10.6 Å². The molecule has 0 spiro atoms. The first-order valence-electron chi connectivity index (χ1n) is 17.0. The van der Waals surface area contributed by atoms with Crippen LogP contribution in [0, 0.1) is 5.92 Å². The number of fused-ring (bicyclic) bond motifs is 4. The molecule has 11 heteroatoms. The monoisotopic (exact) mass is 683 g/mol. The molecule has 3 amide bonds. The van der Waals surface area contributed by atoms with E-state index in [4.69, 9.17) is 9.47 Å². The van der Waals surface area contributed by atoms with Crippen molar-refractivity contribution >= 4 is 35.5 Å². The molecule has 1 aliphatic heterocycles. The number of esters is 1. The van der Waals surface area contributed by atoms with Crippen molar-refractivity contribution in [2.24, 2.45) is 5.92 Å². The molecule has 3 atom stereocenters. The number of nitrogens with one attached hydrogen (secondary N) is 2. The molecule has 1 aliphatic carbocycles. The van der Waals surface area contributed by atoms with E-state index < -0.39 is 59.5 Å². The zero-order chi connectivity index (χ0) is 36.2. The normalized spacial score (nSPS) is 16.1. The van der Waals surface area contributed by atoms with Crippen molar-refractivity contribution in [3.8, 4) is 11.1 Å². The molecule has 11 nitrogen and oxygen atoms in total. The number of carboxylic acid groups (broad SMARTS) is 1. The van der Waals surface area contributed by atoms with Crippen LogP contribution >= 0.6 is 0 Å². The number of carbonyl (C=O) groups excluding carboxylic acids is 4. The molecule has 5 rings (SSSR count). The zero-order valence-electron chi connectivity index (χ0n) is 29.1. The summed E-state index contributed by atoms with van der Waals surface area (Å²) in [5, 5.41) is 15.0. The fourth-order valence-electron chi connectivity index (χ4n) is 6.63. The van der Waals surface area contributed by atoms with Gasteiger partial charge in [0.1, 0.15) is 30.3 Å². The van der Waals surface area contributed by atoms with E-state index in [9.17, 15) is 29.1 Å². The number of hydrogen-bond donors (Lipinski definition) is 3. The largest absolute Gasteiger partial charge is 0.480 e. The standard InChI is InChI=1S/C39H45N3O8/c1-23(2)34(37(46)47)41-35(44)30(18-12-20-33(43)50-39(3,4)5)40-36(45)32-21-24-13-6-11-19-31(24)42(32)38(48)49-22-29-27-16-9-7-14-25(27)26-15-8-10-17-28(26)29/h6-11,13-17,19,23,29-30,32,34H,12,18,20-22H2,1-5H3,(H,40,45)(H,41,44)(H,46,47)/t30?,32-,34?/m0/s1.